The molecule has 0 saturated carbocycles. The van der Waals surface area contributed by atoms with Crippen molar-refractivity contribution >= 4 is 5.97 Å². The molecule has 17 heavy (non-hydrogen) atoms. The molecule has 1 N–H and O–H groups in total. The van der Waals surface area contributed by atoms with Crippen molar-refractivity contribution in [2.45, 2.75) is 57.8 Å². The summed E-state index contributed by atoms with van der Waals surface area (Å²) in [6.45, 7) is 0.428. The highest BCUT2D eigenvalue weighted by Gasteiger charge is 1.95. The van der Waals surface area contributed by atoms with E-state index in [0.29, 0.717) is 13.0 Å². The van der Waals surface area contributed by atoms with E-state index < -0.39 is 5.97 Å². The number of allylic oxidation sites excluding steroid dienone is 2. The van der Waals surface area contributed by atoms with Gasteiger partial charge < -0.3 is 5.11 Å². The number of nitroso groups, excluding NO2 is 1. The minimum absolute atomic E-state index is 0.292. The third kappa shape index (κ3) is 14.8. The first-order valence-electron chi connectivity index (χ1n) is 6.43. The van der Waals surface area contributed by atoms with E-state index in [1.165, 1.54) is 0 Å². The van der Waals surface area contributed by atoms with Gasteiger partial charge in [-0.05, 0) is 38.5 Å². The SMILES string of the molecule is O=NCCCC/C=C\CCCCCCC(=O)O. The van der Waals surface area contributed by atoms with Gasteiger partial charge in [0.05, 0.1) is 6.54 Å². The first-order valence-corrected chi connectivity index (χ1v) is 6.43. The summed E-state index contributed by atoms with van der Waals surface area (Å²) in [5.74, 6) is -0.699. The van der Waals surface area contributed by atoms with Crippen molar-refractivity contribution in [3.8, 4) is 0 Å². The molecular formula is C13H23NO3. The molecule has 0 saturated heterocycles. The van der Waals surface area contributed by atoms with Crippen molar-refractivity contribution in [2.75, 3.05) is 6.54 Å². The van der Waals surface area contributed by atoms with E-state index in [1.54, 1.807) is 0 Å². The summed E-state index contributed by atoms with van der Waals surface area (Å²) in [4.78, 5) is 20.0. The van der Waals surface area contributed by atoms with Crippen LogP contribution in [0.1, 0.15) is 57.8 Å². The molecule has 0 aliphatic heterocycles. The van der Waals surface area contributed by atoms with E-state index in [-0.39, 0.29) is 0 Å². The van der Waals surface area contributed by atoms with Crippen molar-refractivity contribution in [1.29, 1.82) is 0 Å². The fraction of sp³-hybridized carbons (Fsp3) is 0.769. The molecular weight excluding hydrogens is 218 g/mol. The van der Waals surface area contributed by atoms with Crippen LogP contribution >= 0.6 is 0 Å². The Morgan fingerprint density at radius 1 is 0.941 bits per heavy atom. The highest BCUT2D eigenvalue weighted by molar-refractivity contribution is 5.66. The number of carboxylic acids is 1. The maximum Gasteiger partial charge on any atom is 0.303 e. The Morgan fingerprint density at radius 2 is 1.53 bits per heavy atom. The van der Waals surface area contributed by atoms with E-state index in [4.69, 9.17) is 5.11 Å². The molecule has 4 nitrogen and oxygen atoms in total. The van der Waals surface area contributed by atoms with Crippen LogP contribution in [0.5, 0.6) is 0 Å². The molecule has 0 rings (SSSR count). The number of rotatable bonds is 12. The molecule has 0 aromatic heterocycles. The molecule has 0 heterocycles. The summed E-state index contributed by atoms with van der Waals surface area (Å²) in [5.41, 5.74) is 0. The smallest absolute Gasteiger partial charge is 0.303 e. The molecule has 0 radical (unpaired) electrons. The summed E-state index contributed by atoms with van der Waals surface area (Å²) in [6, 6.07) is 0. The van der Waals surface area contributed by atoms with E-state index in [0.717, 1.165) is 51.4 Å². The average molecular weight is 241 g/mol. The minimum atomic E-state index is -0.699. The van der Waals surface area contributed by atoms with E-state index in [1.807, 2.05) is 0 Å². The first-order chi connectivity index (χ1) is 8.27. The van der Waals surface area contributed by atoms with Crippen LogP contribution in [-0.2, 0) is 4.79 Å². The lowest BCUT2D eigenvalue weighted by Crippen LogP contribution is -1.93. The van der Waals surface area contributed by atoms with Gasteiger partial charge in [0.2, 0.25) is 0 Å². The van der Waals surface area contributed by atoms with Crippen molar-refractivity contribution in [3.05, 3.63) is 17.1 Å². The summed E-state index contributed by atoms with van der Waals surface area (Å²) in [5, 5.41) is 11.2. The molecule has 4 heteroatoms. The fourth-order valence-corrected chi connectivity index (χ4v) is 1.57. The molecule has 98 valence electrons. The van der Waals surface area contributed by atoms with Gasteiger partial charge >= 0.3 is 5.97 Å². The van der Waals surface area contributed by atoms with Crippen LogP contribution in [0.3, 0.4) is 0 Å². The van der Waals surface area contributed by atoms with Gasteiger partial charge in [-0.3, -0.25) is 4.79 Å². The second-order valence-electron chi connectivity index (χ2n) is 4.17. The van der Waals surface area contributed by atoms with Crippen molar-refractivity contribution in [2.24, 2.45) is 5.18 Å². The van der Waals surface area contributed by atoms with Crippen molar-refractivity contribution in [1.82, 2.24) is 0 Å². The molecule has 0 aromatic carbocycles. The van der Waals surface area contributed by atoms with E-state index in [2.05, 4.69) is 17.3 Å². The number of carbonyl (C=O) groups is 1. The van der Waals surface area contributed by atoms with Crippen LogP contribution in [0.15, 0.2) is 17.3 Å². The van der Waals surface area contributed by atoms with Crippen LogP contribution in [0, 0.1) is 4.91 Å². The third-order valence-corrected chi connectivity index (χ3v) is 2.55. The van der Waals surface area contributed by atoms with Crippen LogP contribution in [0.4, 0.5) is 0 Å². The van der Waals surface area contributed by atoms with Crippen LogP contribution in [0.25, 0.3) is 0 Å². The topological polar surface area (TPSA) is 66.7 Å². The second kappa shape index (κ2) is 12.9. The van der Waals surface area contributed by atoms with Crippen LogP contribution < -0.4 is 0 Å². The average Bonchev–Trinajstić information content (AvgIpc) is 2.30. The Hall–Kier alpha value is -1.19. The Balaban J connectivity index is 3.08. The number of carboxylic acid groups (broad SMARTS) is 1. The number of unbranched alkanes of at least 4 members (excludes halogenated alkanes) is 6. The molecule has 0 aromatic rings. The van der Waals surface area contributed by atoms with Crippen LogP contribution in [-0.4, -0.2) is 17.6 Å². The number of aliphatic carboxylic acids is 1. The van der Waals surface area contributed by atoms with Gasteiger partial charge in [-0.15, -0.1) is 0 Å². The normalized spacial score (nSPS) is 10.8. The van der Waals surface area contributed by atoms with Gasteiger partial charge in [-0.25, -0.2) is 0 Å². The van der Waals surface area contributed by atoms with Gasteiger partial charge in [0.1, 0.15) is 0 Å². The zero-order chi connectivity index (χ0) is 12.8. The van der Waals surface area contributed by atoms with Gasteiger partial charge in [0, 0.05) is 6.42 Å². The molecule has 0 unspecified atom stereocenters. The summed E-state index contributed by atoms with van der Waals surface area (Å²) in [7, 11) is 0. The van der Waals surface area contributed by atoms with Gasteiger partial charge in [0.25, 0.3) is 0 Å². The maximum atomic E-state index is 10.2. The Kier molecular flexibility index (Phi) is 12.0. The molecule has 0 aliphatic carbocycles. The largest absolute Gasteiger partial charge is 0.481 e. The lowest BCUT2D eigenvalue weighted by molar-refractivity contribution is -0.137. The molecule has 0 aliphatic rings. The predicted octanol–water partition coefficient (Wildman–Crippen LogP) is 3.90. The lowest BCUT2D eigenvalue weighted by atomic mass is 10.1. The highest BCUT2D eigenvalue weighted by Crippen LogP contribution is 2.06. The molecule has 0 amide bonds. The Bertz CT molecular complexity index is 227. The molecule has 0 fully saturated rings. The number of hydrogen-bond acceptors (Lipinski definition) is 3. The van der Waals surface area contributed by atoms with Crippen molar-refractivity contribution < 1.29 is 9.90 Å². The van der Waals surface area contributed by atoms with E-state index in [9.17, 15) is 9.70 Å². The van der Waals surface area contributed by atoms with Gasteiger partial charge in [0.15, 0.2) is 0 Å². The third-order valence-electron chi connectivity index (χ3n) is 2.55. The molecule has 0 atom stereocenters. The van der Waals surface area contributed by atoms with Gasteiger partial charge in [-0.2, -0.15) is 4.91 Å². The van der Waals surface area contributed by atoms with Crippen LogP contribution in [0.2, 0.25) is 0 Å². The fourth-order valence-electron chi connectivity index (χ4n) is 1.57. The monoisotopic (exact) mass is 241 g/mol. The molecule has 0 spiro atoms. The summed E-state index contributed by atoms with van der Waals surface area (Å²) >= 11 is 0. The van der Waals surface area contributed by atoms with Crippen molar-refractivity contribution in [3.63, 3.8) is 0 Å². The Labute approximate surface area is 103 Å². The molecule has 0 bridgehead atoms. The first kappa shape index (κ1) is 15.8. The zero-order valence-corrected chi connectivity index (χ0v) is 10.4. The summed E-state index contributed by atoms with van der Waals surface area (Å²) in [6.07, 6.45) is 12.6. The Morgan fingerprint density at radius 3 is 2.12 bits per heavy atom. The van der Waals surface area contributed by atoms with E-state index >= 15 is 0 Å². The highest BCUT2D eigenvalue weighted by atomic mass is 16.4. The summed E-state index contributed by atoms with van der Waals surface area (Å²) < 4.78 is 0. The second-order valence-corrected chi connectivity index (χ2v) is 4.17. The number of hydrogen-bond donors (Lipinski definition) is 1. The lowest BCUT2D eigenvalue weighted by Gasteiger charge is -1.97. The standard InChI is InChI=1S/C13H23NO3/c15-13(16)11-9-7-5-3-1-2-4-6-8-10-12-14-17/h2,4H,1,3,5-12H2,(H,15,16)/b4-2-. The van der Waals surface area contributed by atoms with Gasteiger partial charge in [-0.1, -0.05) is 30.2 Å². The quantitative estimate of drug-likeness (QED) is 0.320. The predicted molar refractivity (Wildman–Crippen MR) is 69.0 cm³/mol. The maximum absolute atomic E-state index is 10.2. The zero-order valence-electron chi connectivity index (χ0n) is 10.4. The number of nitrogens with zero attached hydrogens (tertiary/aromatic N) is 1. The minimum Gasteiger partial charge on any atom is -0.481 e.